The zero-order chi connectivity index (χ0) is 31.5. The van der Waals surface area contributed by atoms with Crippen LogP contribution in [0.5, 0.6) is 0 Å². The molecular formula is C32H27N3O9. The number of carboxylic acid groups (broad SMARTS) is 2. The van der Waals surface area contributed by atoms with Gasteiger partial charge in [-0.1, -0.05) is 72.8 Å². The van der Waals surface area contributed by atoms with Crippen LogP contribution in [0, 0.1) is 0 Å². The molecule has 3 atom stereocenters. The van der Waals surface area contributed by atoms with Crippen molar-refractivity contribution in [2.75, 3.05) is 18.4 Å². The summed E-state index contributed by atoms with van der Waals surface area (Å²) in [5, 5.41) is 37.4. The fourth-order valence-electron chi connectivity index (χ4n) is 5.29. The van der Waals surface area contributed by atoms with Gasteiger partial charge in [0.05, 0.1) is 0 Å². The van der Waals surface area contributed by atoms with E-state index >= 15 is 0 Å². The van der Waals surface area contributed by atoms with Crippen molar-refractivity contribution in [1.82, 2.24) is 9.88 Å². The van der Waals surface area contributed by atoms with Crippen molar-refractivity contribution in [1.29, 1.82) is 0 Å². The summed E-state index contributed by atoms with van der Waals surface area (Å²) in [5.41, 5.74) is -8.03. The molecule has 1 aliphatic heterocycles. The molecule has 4 aromatic rings. The molecule has 1 saturated heterocycles. The molecule has 0 aliphatic carbocycles. The number of nitrogens with one attached hydrogen (secondary N) is 1. The van der Waals surface area contributed by atoms with Gasteiger partial charge in [0.2, 0.25) is 11.6 Å². The summed E-state index contributed by atoms with van der Waals surface area (Å²) in [6.07, 6.45) is 2.33. The molecule has 224 valence electrons. The number of hydrogen-bond acceptors (Lipinski definition) is 9. The Labute approximate surface area is 250 Å². The van der Waals surface area contributed by atoms with Gasteiger partial charge in [-0.15, -0.1) is 0 Å². The first-order valence-electron chi connectivity index (χ1n) is 13.6. The number of carboxylic acids is 2. The highest BCUT2D eigenvalue weighted by Crippen LogP contribution is 2.36. The first-order valence-corrected chi connectivity index (χ1v) is 13.6. The van der Waals surface area contributed by atoms with Gasteiger partial charge in [0.15, 0.2) is 0 Å². The van der Waals surface area contributed by atoms with Crippen LogP contribution in [0.1, 0.15) is 27.1 Å². The zero-order valence-electron chi connectivity index (χ0n) is 23.1. The first kappa shape index (κ1) is 29.9. The third-order valence-corrected chi connectivity index (χ3v) is 7.57. The van der Waals surface area contributed by atoms with E-state index < -0.39 is 51.9 Å². The highest BCUT2D eigenvalue weighted by Gasteiger charge is 2.73. The maximum absolute atomic E-state index is 13.9. The molecule has 1 aromatic heterocycles. The topological polar surface area (TPSA) is 183 Å². The number of aliphatic hydroxyl groups is 1. The van der Waals surface area contributed by atoms with Gasteiger partial charge in [-0.25, -0.2) is 14.4 Å². The lowest BCUT2D eigenvalue weighted by Crippen LogP contribution is -2.73. The van der Waals surface area contributed by atoms with Crippen molar-refractivity contribution < 1.29 is 44.0 Å². The molecule has 1 fully saturated rings. The molecule has 0 radical (unpaired) electrons. The first-order chi connectivity index (χ1) is 21.1. The van der Waals surface area contributed by atoms with Crippen LogP contribution in [0.25, 0.3) is 10.8 Å². The summed E-state index contributed by atoms with van der Waals surface area (Å²) >= 11 is 0. The average molecular weight is 598 g/mol. The summed E-state index contributed by atoms with van der Waals surface area (Å²) < 4.78 is 5.29. The molecule has 0 bridgehead atoms. The minimum absolute atomic E-state index is 0.0202. The molecule has 3 unspecified atom stereocenters. The van der Waals surface area contributed by atoms with Gasteiger partial charge in [0.1, 0.15) is 0 Å². The van der Waals surface area contributed by atoms with Gasteiger partial charge in [-0.3, -0.25) is 14.6 Å². The number of benzene rings is 3. The number of rotatable bonds is 10. The fourth-order valence-corrected chi connectivity index (χ4v) is 5.29. The van der Waals surface area contributed by atoms with E-state index in [0.717, 1.165) is 45.6 Å². The standard InChI is InChI=1S/C32H27N3O9/c36-26(20-8-3-1-4-9-20)31(43,28(38)39)32(29(40)41,27(37)21-10-5-2-6-11-21)44-30(42)35-17-15-23(19-35)34-25-13-7-12-22-18-33-16-14-24(22)25/h1-14,16,18,23,34,43H,15,17,19H2,(H,38,39)(H,40,41). The van der Waals surface area contributed by atoms with Crippen molar-refractivity contribution in [3.05, 3.63) is 108 Å². The summed E-state index contributed by atoms with van der Waals surface area (Å²) in [4.78, 5) is 71.9. The van der Waals surface area contributed by atoms with Crippen LogP contribution < -0.4 is 5.32 Å². The number of pyridine rings is 1. The Hall–Kier alpha value is -5.62. The Kier molecular flexibility index (Phi) is 8.10. The molecule has 0 spiro atoms. The highest BCUT2D eigenvalue weighted by molar-refractivity contribution is 6.29. The number of ether oxygens (including phenoxy) is 1. The second-order valence-corrected chi connectivity index (χ2v) is 10.2. The number of carbonyl (C=O) groups excluding carboxylic acids is 3. The van der Waals surface area contributed by atoms with E-state index in [1.165, 1.54) is 36.4 Å². The maximum Gasteiger partial charge on any atom is 0.411 e. The van der Waals surface area contributed by atoms with Crippen molar-refractivity contribution in [2.24, 2.45) is 0 Å². The summed E-state index contributed by atoms with van der Waals surface area (Å²) in [5.74, 6) is -7.99. The monoisotopic (exact) mass is 597 g/mol. The number of nitrogens with zero attached hydrogens (tertiary/aromatic N) is 2. The number of anilines is 1. The third-order valence-electron chi connectivity index (χ3n) is 7.57. The summed E-state index contributed by atoms with van der Waals surface area (Å²) in [6, 6.07) is 20.1. The number of Topliss-reactive ketones (excluding diaryl/α,β-unsaturated/α-hetero) is 2. The maximum atomic E-state index is 13.9. The second-order valence-electron chi connectivity index (χ2n) is 10.2. The number of likely N-dealkylation sites (tertiary alicyclic amines) is 1. The Morgan fingerprint density at radius 3 is 2.07 bits per heavy atom. The predicted octanol–water partition coefficient (Wildman–Crippen LogP) is 3.26. The highest BCUT2D eigenvalue weighted by atomic mass is 16.6. The molecule has 1 amide bonds. The summed E-state index contributed by atoms with van der Waals surface area (Å²) in [7, 11) is 0. The lowest BCUT2D eigenvalue weighted by atomic mass is 9.72. The molecule has 5 rings (SSSR count). The van der Waals surface area contributed by atoms with Gasteiger partial charge >= 0.3 is 23.6 Å². The third kappa shape index (κ3) is 5.11. The quantitative estimate of drug-likeness (QED) is 0.155. The van der Waals surface area contributed by atoms with Crippen LogP contribution in [-0.4, -0.2) is 85.1 Å². The minimum Gasteiger partial charge on any atom is -0.479 e. The Balaban J connectivity index is 1.51. The average Bonchev–Trinajstić information content (AvgIpc) is 3.52. The molecular weight excluding hydrogens is 570 g/mol. The number of amides is 1. The van der Waals surface area contributed by atoms with Crippen LogP contribution >= 0.6 is 0 Å². The Morgan fingerprint density at radius 1 is 0.818 bits per heavy atom. The Bertz CT molecular complexity index is 1740. The lowest BCUT2D eigenvalue weighted by molar-refractivity contribution is -0.188. The second kappa shape index (κ2) is 11.9. The molecule has 0 saturated carbocycles. The van der Waals surface area contributed by atoms with E-state index in [1.54, 1.807) is 12.4 Å². The Morgan fingerprint density at radius 2 is 1.45 bits per heavy atom. The number of ketones is 2. The van der Waals surface area contributed by atoms with E-state index in [0.29, 0.717) is 6.42 Å². The molecule has 3 aromatic carbocycles. The smallest absolute Gasteiger partial charge is 0.411 e. The van der Waals surface area contributed by atoms with E-state index in [2.05, 4.69) is 10.3 Å². The van der Waals surface area contributed by atoms with Crippen LogP contribution in [0.3, 0.4) is 0 Å². The van der Waals surface area contributed by atoms with Crippen LogP contribution in [-0.2, 0) is 14.3 Å². The van der Waals surface area contributed by atoms with E-state index in [9.17, 15) is 39.3 Å². The minimum atomic E-state index is -4.06. The molecule has 12 nitrogen and oxygen atoms in total. The summed E-state index contributed by atoms with van der Waals surface area (Å²) in [6.45, 7) is 0.0177. The molecule has 12 heteroatoms. The van der Waals surface area contributed by atoms with Crippen LogP contribution in [0.2, 0.25) is 0 Å². The zero-order valence-corrected chi connectivity index (χ0v) is 23.1. The van der Waals surface area contributed by atoms with Crippen molar-refractivity contribution in [2.45, 2.75) is 23.7 Å². The van der Waals surface area contributed by atoms with Crippen LogP contribution in [0.4, 0.5) is 10.5 Å². The van der Waals surface area contributed by atoms with E-state index in [-0.39, 0.29) is 19.1 Å². The molecule has 1 aliphatic rings. The van der Waals surface area contributed by atoms with Gasteiger partial charge in [-0.2, -0.15) is 0 Å². The van der Waals surface area contributed by atoms with E-state index in [4.69, 9.17) is 4.74 Å². The number of hydrogen-bond donors (Lipinski definition) is 4. The number of aromatic nitrogens is 1. The van der Waals surface area contributed by atoms with Gasteiger partial charge < -0.3 is 30.3 Å². The van der Waals surface area contributed by atoms with Crippen molar-refractivity contribution in [3.8, 4) is 0 Å². The van der Waals surface area contributed by atoms with Gasteiger partial charge in [0, 0.05) is 59.1 Å². The fraction of sp³-hybridized carbons (Fsp3) is 0.188. The van der Waals surface area contributed by atoms with Crippen LogP contribution in [0.15, 0.2) is 97.3 Å². The molecule has 44 heavy (non-hydrogen) atoms. The normalized spacial score (nSPS) is 17.2. The number of aliphatic carboxylic acids is 2. The number of fused-ring (bicyclic) bond motifs is 1. The number of carbonyl (C=O) groups is 5. The lowest BCUT2D eigenvalue weighted by Gasteiger charge is -2.38. The van der Waals surface area contributed by atoms with Crippen molar-refractivity contribution >= 4 is 46.1 Å². The largest absolute Gasteiger partial charge is 0.479 e. The van der Waals surface area contributed by atoms with Crippen molar-refractivity contribution in [3.63, 3.8) is 0 Å². The van der Waals surface area contributed by atoms with Gasteiger partial charge in [-0.05, 0) is 18.6 Å². The molecule has 4 N–H and O–H groups in total. The van der Waals surface area contributed by atoms with Gasteiger partial charge in [0.25, 0.3) is 5.60 Å². The predicted molar refractivity (Wildman–Crippen MR) is 156 cm³/mol. The van der Waals surface area contributed by atoms with E-state index in [1.807, 2.05) is 24.3 Å². The SMILES string of the molecule is O=C(OC(C(=O)O)(C(=O)c1ccccc1)C(O)(C(=O)O)C(=O)c1ccccc1)N1CCC(Nc2cccc3cnccc23)C1. The molecule has 2 heterocycles.